The van der Waals surface area contributed by atoms with Gasteiger partial charge in [0.05, 0.1) is 11.9 Å². The maximum Gasteiger partial charge on any atom is 0.256 e. The van der Waals surface area contributed by atoms with Crippen molar-refractivity contribution in [3.63, 3.8) is 0 Å². The first-order valence-corrected chi connectivity index (χ1v) is 8.11. The van der Waals surface area contributed by atoms with Crippen LogP contribution in [-0.4, -0.2) is 24.0 Å². The molecule has 1 fully saturated rings. The number of benzene rings is 1. The number of amides is 1. The van der Waals surface area contributed by atoms with E-state index in [1.54, 1.807) is 12.3 Å². The van der Waals surface area contributed by atoms with Gasteiger partial charge in [0.1, 0.15) is 5.82 Å². The largest absolute Gasteiger partial charge is 0.370 e. The first kappa shape index (κ1) is 16.4. The Balaban J connectivity index is 1.67. The number of nitrogens with one attached hydrogen (secondary N) is 1. The zero-order valence-corrected chi connectivity index (χ0v) is 13.3. The van der Waals surface area contributed by atoms with E-state index in [4.69, 9.17) is 0 Å². The number of hydrogen-bond acceptors (Lipinski definition) is 3. The lowest BCUT2D eigenvalue weighted by atomic mass is 10.2. The molecular weight excluding hydrogens is 312 g/mol. The number of nitrogens with zero attached hydrogens (tertiary/aromatic N) is 2. The standard InChI is InChI=1S/C18H19F2N3O/c19-15-7-5-13(11-16(15)20)18(24)22-17-8-6-14(12-21-17)23-9-3-1-2-4-10-23/h5-8,11-12H,1-4,9-10H2,(H,21,22,24). The first-order chi connectivity index (χ1) is 11.6. The van der Waals surface area contributed by atoms with Crippen LogP contribution in [0.2, 0.25) is 0 Å². The van der Waals surface area contributed by atoms with E-state index >= 15 is 0 Å². The molecule has 1 saturated heterocycles. The van der Waals surface area contributed by atoms with Crippen LogP contribution < -0.4 is 10.2 Å². The van der Waals surface area contributed by atoms with Crippen LogP contribution in [-0.2, 0) is 0 Å². The van der Waals surface area contributed by atoms with E-state index in [1.165, 1.54) is 31.7 Å². The summed E-state index contributed by atoms with van der Waals surface area (Å²) in [6.45, 7) is 2.03. The average Bonchev–Trinajstić information content (AvgIpc) is 2.87. The van der Waals surface area contributed by atoms with Crippen LogP contribution in [0, 0.1) is 11.6 Å². The lowest BCUT2D eigenvalue weighted by molar-refractivity contribution is 0.102. The van der Waals surface area contributed by atoms with Gasteiger partial charge in [-0.15, -0.1) is 0 Å². The van der Waals surface area contributed by atoms with Crippen molar-refractivity contribution in [2.45, 2.75) is 25.7 Å². The second kappa shape index (κ2) is 7.38. The molecule has 0 bridgehead atoms. The van der Waals surface area contributed by atoms with Crippen molar-refractivity contribution in [1.82, 2.24) is 4.98 Å². The minimum Gasteiger partial charge on any atom is -0.370 e. The van der Waals surface area contributed by atoms with Gasteiger partial charge in [-0.25, -0.2) is 13.8 Å². The lowest BCUT2D eigenvalue weighted by Gasteiger charge is -2.22. The summed E-state index contributed by atoms with van der Waals surface area (Å²) < 4.78 is 26.1. The SMILES string of the molecule is O=C(Nc1ccc(N2CCCCCC2)cn1)c1ccc(F)c(F)c1. The van der Waals surface area contributed by atoms with Gasteiger partial charge in [-0.2, -0.15) is 0 Å². The summed E-state index contributed by atoms with van der Waals surface area (Å²) >= 11 is 0. The van der Waals surface area contributed by atoms with Gasteiger partial charge < -0.3 is 10.2 Å². The molecule has 24 heavy (non-hydrogen) atoms. The first-order valence-electron chi connectivity index (χ1n) is 8.11. The predicted molar refractivity (Wildman–Crippen MR) is 89.2 cm³/mol. The van der Waals surface area contributed by atoms with Gasteiger partial charge >= 0.3 is 0 Å². The molecule has 0 aliphatic carbocycles. The van der Waals surface area contributed by atoms with E-state index in [-0.39, 0.29) is 5.56 Å². The number of pyridine rings is 1. The van der Waals surface area contributed by atoms with Gasteiger partial charge in [0.2, 0.25) is 0 Å². The van der Waals surface area contributed by atoms with E-state index in [0.717, 1.165) is 30.9 Å². The molecule has 0 radical (unpaired) electrons. The molecule has 126 valence electrons. The summed E-state index contributed by atoms with van der Waals surface area (Å²) in [6.07, 6.45) is 6.59. The van der Waals surface area contributed by atoms with Gasteiger partial charge in [-0.3, -0.25) is 4.79 Å². The van der Waals surface area contributed by atoms with Crippen LogP contribution in [0.25, 0.3) is 0 Å². The van der Waals surface area contributed by atoms with E-state index in [2.05, 4.69) is 15.2 Å². The molecule has 0 saturated carbocycles. The van der Waals surface area contributed by atoms with Crippen molar-refractivity contribution in [3.8, 4) is 0 Å². The molecule has 0 atom stereocenters. The van der Waals surface area contributed by atoms with Crippen molar-refractivity contribution in [1.29, 1.82) is 0 Å². The van der Waals surface area contributed by atoms with Crippen LogP contribution in [0.1, 0.15) is 36.0 Å². The van der Waals surface area contributed by atoms with Crippen LogP contribution in [0.15, 0.2) is 36.5 Å². The second-order valence-electron chi connectivity index (χ2n) is 5.89. The number of carbonyl (C=O) groups excluding carboxylic acids is 1. The highest BCUT2D eigenvalue weighted by Crippen LogP contribution is 2.20. The Morgan fingerprint density at radius 1 is 1.00 bits per heavy atom. The fourth-order valence-corrected chi connectivity index (χ4v) is 2.80. The van der Waals surface area contributed by atoms with Crippen molar-refractivity contribution in [2.24, 2.45) is 0 Å². The van der Waals surface area contributed by atoms with E-state index < -0.39 is 17.5 Å². The third kappa shape index (κ3) is 3.88. The molecule has 1 aliphatic rings. The minimum absolute atomic E-state index is 0.0484. The van der Waals surface area contributed by atoms with Gasteiger partial charge in [-0.05, 0) is 43.2 Å². The summed E-state index contributed by atoms with van der Waals surface area (Å²) in [6, 6.07) is 6.67. The molecule has 1 N–H and O–H groups in total. The number of carbonyl (C=O) groups is 1. The van der Waals surface area contributed by atoms with Gasteiger partial charge in [0.15, 0.2) is 11.6 Å². The second-order valence-corrected chi connectivity index (χ2v) is 5.89. The monoisotopic (exact) mass is 331 g/mol. The molecule has 0 unspecified atom stereocenters. The number of rotatable bonds is 3. The van der Waals surface area contributed by atoms with Crippen molar-refractivity contribution >= 4 is 17.4 Å². The molecule has 2 aromatic rings. The smallest absolute Gasteiger partial charge is 0.256 e. The molecule has 1 aromatic carbocycles. The quantitative estimate of drug-likeness (QED) is 0.925. The third-order valence-corrected chi connectivity index (χ3v) is 4.14. The molecule has 1 aliphatic heterocycles. The summed E-state index contributed by atoms with van der Waals surface area (Å²) in [5.74, 6) is -2.18. The Hall–Kier alpha value is -2.50. The summed E-state index contributed by atoms with van der Waals surface area (Å²) in [4.78, 5) is 18.6. The number of anilines is 2. The maximum absolute atomic E-state index is 13.2. The zero-order chi connectivity index (χ0) is 16.9. The van der Waals surface area contributed by atoms with Crippen LogP contribution in [0.5, 0.6) is 0 Å². The Bertz CT molecular complexity index is 711. The molecule has 0 spiro atoms. The Labute approximate surface area is 139 Å². The highest BCUT2D eigenvalue weighted by atomic mass is 19.2. The van der Waals surface area contributed by atoms with Gasteiger partial charge in [0.25, 0.3) is 5.91 Å². The van der Waals surface area contributed by atoms with Crippen LogP contribution in [0.4, 0.5) is 20.3 Å². The van der Waals surface area contributed by atoms with E-state index in [1.807, 2.05) is 6.07 Å². The Morgan fingerprint density at radius 3 is 2.38 bits per heavy atom. The summed E-state index contributed by atoms with van der Waals surface area (Å²) in [5, 5.41) is 2.59. The topological polar surface area (TPSA) is 45.2 Å². The highest BCUT2D eigenvalue weighted by molar-refractivity contribution is 6.03. The highest BCUT2D eigenvalue weighted by Gasteiger charge is 2.12. The van der Waals surface area contributed by atoms with Crippen molar-refractivity contribution in [3.05, 3.63) is 53.7 Å². The maximum atomic E-state index is 13.2. The van der Waals surface area contributed by atoms with Gasteiger partial charge in [-0.1, -0.05) is 12.8 Å². The summed E-state index contributed by atoms with van der Waals surface area (Å²) in [5.41, 5.74) is 1.08. The van der Waals surface area contributed by atoms with E-state index in [9.17, 15) is 13.6 Å². The molecule has 2 heterocycles. The molecule has 1 amide bonds. The van der Waals surface area contributed by atoms with Gasteiger partial charge in [0, 0.05) is 18.7 Å². The normalized spacial score (nSPS) is 15.0. The third-order valence-electron chi connectivity index (χ3n) is 4.14. The minimum atomic E-state index is -1.05. The van der Waals surface area contributed by atoms with Crippen LogP contribution >= 0.6 is 0 Å². The van der Waals surface area contributed by atoms with Crippen LogP contribution in [0.3, 0.4) is 0 Å². The van der Waals surface area contributed by atoms with Crippen molar-refractivity contribution < 1.29 is 13.6 Å². The molecule has 1 aromatic heterocycles. The van der Waals surface area contributed by atoms with Crippen molar-refractivity contribution in [2.75, 3.05) is 23.3 Å². The van der Waals surface area contributed by atoms with E-state index in [0.29, 0.717) is 5.82 Å². The molecule has 4 nitrogen and oxygen atoms in total. The zero-order valence-electron chi connectivity index (χ0n) is 13.3. The summed E-state index contributed by atoms with van der Waals surface area (Å²) in [7, 11) is 0. The molecule has 6 heteroatoms. The fourth-order valence-electron chi connectivity index (χ4n) is 2.80. The molecule has 3 rings (SSSR count). The Morgan fingerprint density at radius 2 is 1.75 bits per heavy atom. The Kier molecular flexibility index (Phi) is 5.03. The average molecular weight is 331 g/mol. The predicted octanol–water partition coefficient (Wildman–Crippen LogP) is 3.99. The molecular formula is C18H19F2N3O. The fraction of sp³-hybridized carbons (Fsp3) is 0.333. The number of halogens is 2. The number of hydrogen-bond donors (Lipinski definition) is 1. The number of aromatic nitrogens is 1. The lowest BCUT2D eigenvalue weighted by Crippen LogP contribution is -2.24.